The van der Waals surface area contributed by atoms with Crippen molar-refractivity contribution in [1.29, 1.82) is 0 Å². The molecule has 0 radical (unpaired) electrons. The van der Waals surface area contributed by atoms with Gasteiger partial charge in [0.05, 0.1) is 11.7 Å². The smallest absolute Gasteiger partial charge is 0.113 e. The maximum Gasteiger partial charge on any atom is 0.113 e. The number of rotatable bonds is 1. The van der Waals surface area contributed by atoms with E-state index in [0.29, 0.717) is 12.2 Å². The molecule has 0 aromatic carbocycles. The van der Waals surface area contributed by atoms with E-state index in [0.717, 1.165) is 0 Å². The van der Waals surface area contributed by atoms with Gasteiger partial charge in [-0.3, -0.25) is 0 Å². The number of hydrogen-bond acceptors (Lipinski definition) is 2. The summed E-state index contributed by atoms with van der Waals surface area (Å²) in [6, 6.07) is 0. The van der Waals surface area contributed by atoms with Crippen molar-refractivity contribution in [2.75, 3.05) is 7.11 Å². The second-order valence-electron chi connectivity index (χ2n) is 3.52. The molecule has 2 nitrogen and oxygen atoms in total. The molecule has 3 atom stereocenters. The summed E-state index contributed by atoms with van der Waals surface area (Å²) >= 11 is 0. The fraction of sp³-hybridized carbons (Fsp3) is 1.00. The van der Waals surface area contributed by atoms with Gasteiger partial charge in [-0.1, -0.05) is 0 Å². The van der Waals surface area contributed by atoms with Crippen LogP contribution in [0.1, 0.15) is 26.2 Å². The minimum Gasteiger partial charge on any atom is -0.379 e. The van der Waals surface area contributed by atoms with Crippen molar-refractivity contribution in [1.82, 2.24) is 0 Å². The zero-order valence-electron chi connectivity index (χ0n) is 6.59. The molecule has 1 heterocycles. The van der Waals surface area contributed by atoms with Crippen LogP contribution in [-0.2, 0) is 9.47 Å². The largest absolute Gasteiger partial charge is 0.379 e. The molecule has 0 aromatic rings. The molecule has 0 N–H and O–H groups in total. The van der Waals surface area contributed by atoms with E-state index < -0.39 is 0 Å². The van der Waals surface area contributed by atoms with E-state index in [1.807, 2.05) is 0 Å². The Morgan fingerprint density at radius 3 is 3.00 bits per heavy atom. The maximum absolute atomic E-state index is 5.54. The van der Waals surface area contributed by atoms with E-state index in [1.54, 1.807) is 7.11 Å². The van der Waals surface area contributed by atoms with Crippen LogP contribution in [0.25, 0.3) is 0 Å². The Labute approximate surface area is 61.5 Å². The summed E-state index contributed by atoms with van der Waals surface area (Å²) in [6.07, 6.45) is 4.43. The van der Waals surface area contributed by atoms with Crippen molar-refractivity contribution < 1.29 is 9.47 Å². The number of ether oxygens (including phenoxy) is 2. The van der Waals surface area contributed by atoms with Gasteiger partial charge in [0, 0.05) is 7.11 Å². The minimum absolute atomic E-state index is 0.193. The van der Waals surface area contributed by atoms with Crippen molar-refractivity contribution >= 4 is 0 Å². The third-order valence-electron chi connectivity index (χ3n) is 2.74. The number of methoxy groups -OCH3 is 1. The zero-order valence-corrected chi connectivity index (χ0v) is 6.59. The normalized spacial score (nSPS) is 52.2. The summed E-state index contributed by atoms with van der Waals surface area (Å²) in [5.74, 6) is 0. The predicted molar refractivity (Wildman–Crippen MR) is 37.9 cm³/mol. The highest BCUT2D eigenvalue weighted by atomic mass is 16.6. The van der Waals surface area contributed by atoms with Gasteiger partial charge >= 0.3 is 0 Å². The molecule has 0 aromatic heterocycles. The maximum atomic E-state index is 5.54. The van der Waals surface area contributed by atoms with Gasteiger partial charge in [0.25, 0.3) is 0 Å². The Bertz CT molecular complexity index is 144. The summed E-state index contributed by atoms with van der Waals surface area (Å²) < 4.78 is 10.8. The highest BCUT2D eigenvalue weighted by Crippen LogP contribution is 2.48. The zero-order chi connectivity index (χ0) is 7.19. The molecular weight excluding hydrogens is 128 g/mol. The molecule has 0 bridgehead atoms. The molecule has 10 heavy (non-hydrogen) atoms. The fourth-order valence-corrected chi connectivity index (χ4v) is 1.97. The average molecular weight is 142 g/mol. The highest BCUT2D eigenvalue weighted by Gasteiger charge is 2.58. The standard InChI is InChI=1S/C8H14O2/c1-8-5-3-4-6(9-2)7(8)10-8/h6-7H,3-5H2,1-2H3. The lowest BCUT2D eigenvalue weighted by Gasteiger charge is -2.19. The number of fused-ring (bicyclic) bond motifs is 1. The quantitative estimate of drug-likeness (QED) is 0.515. The van der Waals surface area contributed by atoms with E-state index in [2.05, 4.69) is 6.92 Å². The first-order valence-corrected chi connectivity index (χ1v) is 3.97. The molecule has 2 aliphatic rings. The molecule has 2 heteroatoms. The lowest BCUT2D eigenvalue weighted by atomic mass is 9.89. The monoisotopic (exact) mass is 142 g/mol. The van der Waals surface area contributed by atoms with E-state index in [1.165, 1.54) is 19.3 Å². The second kappa shape index (κ2) is 1.95. The van der Waals surface area contributed by atoms with Crippen molar-refractivity contribution in [3.8, 4) is 0 Å². The van der Waals surface area contributed by atoms with Gasteiger partial charge in [-0.2, -0.15) is 0 Å². The summed E-state index contributed by atoms with van der Waals surface area (Å²) in [5.41, 5.74) is 0.193. The van der Waals surface area contributed by atoms with Crippen LogP contribution >= 0.6 is 0 Å². The first kappa shape index (κ1) is 6.62. The Kier molecular flexibility index (Phi) is 1.29. The van der Waals surface area contributed by atoms with Gasteiger partial charge in [-0.25, -0.2) is 0 Å². The highest BCUT2D eigenvalue weighted by molar-refractivity contribution is 5.06. The third kappa shape index (κ3) is 0.789. The Morgan fingerprint density at radius 1 is 1.60 bits per heavy atom. The topological polar surface area (TPSA) is 21.8 Å². The van der Waals surface area contributed by atoms with Gasteiger partial charge in [0.15, 0.2) is 0 Å². The van der Waals surface area contributed by atoms with E-state index >= 15 is 0 Å². The molecule has 1 saturated carbocycles. The van der Waals surface area contributed by atoms with Gasteiger partial charge in [-0.05, 0) is 26.2 Å². The fourth-order valence-electron chi connectivity index (χ4n) is 1.97. The van der Waals surface area contributed by atoms with Crippen LogP contribution in [-0.4, -0.2) is 24.9 Å². The van der Waals surface area contributed by atoms with Crippen molar-refractivity contribution in [3.63, 3.8) is 0 Å². The van der Waals surface area contributed by atoms with Crippen LogP contribution in [0, 0.1) is 0 Å². The summed E-state index contributed by atoms with van der Waals surface area (Å²) in [5, 5.41) is 0. The summed E-state index contributed by atoms with van der Waals surface area (Å²) in [7, 11) is 1.78. The van der Waals surface area contributed by atoms with Crippen molar-refractivity contribution in [2.45, 2.75) is 44.0 Å². The van der Waals surface area contributed by atoms with Crippen LogP contribution in [0.3, 0.4) is 0 Å². The summed E-state index contributed by atoms with van der Waals surface area (Å²) in [4.78, 5) is 0. The third-order valence-corrected chi connectivity index (χ3v) is 2.74. The van der Waals surface area contributed by atoms with E-state index in [9.17, 15) is 0 Å². The lowest BCUT2D eigenvalue weighted by molar-refractivity contribution is 0.0653. The molecule has 2 fully saturated rings. The molecule has 0 spiro atoms. The number of hydrogen-bond donors (Lipinski definition) is 0. The van der Waals surface area contributed by atoms with Gasteiger partial charge < -0.3 is 9.47 Å². The van der Waals surface area contributed by atoms with Crippen molar-refractivity contribution in [2.24, 2.45) is 0 Å². The van der Waals surface area contributed by atoms with Gasteiger partial charge in [0.1, 0.15) is 6.10 Å². The molecule has 58 valence electrons. The van der Waals surface area contributed by atoms with Crippen LogP contribution in [0.15, 0.2) is 0 Å². The molecule has 1 saturated heterocycles. The minimum atomic E-state index is 0.193. The summed E-state index contributed by atoms with van der Waals surface area (Å²) in [6.45, 7) is 2.18. The van der Waals surface area contributed by atoms with Gasteiger partial charge in [0.2, 0.25) is 0 Å². The molecule has 3 unspecified atom stereocenters. The molecule has 1 aliphatic carbocycles. The second-order valence-corrected chi connectivity index (χ2v) is 3.52. The van der Waals surface area contributed by atoms with Crippen LogP contribution in [0.4, 0.5) is 0 Å². The van der Waals surface area contributed by atoms with Crippen LogP contribution in [0.5, 0.6) is 0 Å². The van der Waals surface area contributed by atoms with Gasteiger partial charge in [-0.15, -0.1) is 0 Å². The molecule has 0 amide bonds. The predicted octanol–water partition coefficient (Wildman–Crippen LogP) is 1.34. The van der Waals surface area contributed by atoms with Crippen LogP contribution < -0.4 is 0 Å². The first-order chi connectivity index (χ1) is 4.76. The molecule has 2 rings (SSSR count). The Balaban J connectivity index is 2.02. The Hall–Kier alpha value is -0.0800. The number of epoxide rings is 1. The lowest BCUT2D eigenvalue weighted by Crippen LogP contribution is -2.29. The van der Waals surface area contributed by atoms with Crippen molar-refractivity contribution in [3.05, 3.63) is 0 Å². The van der Waals surface area contributed by atoms with Crippen LogP contribution in [0.2, 0.25) is 0 Å². The van der Waals surface area contributed by atoms with E-state index in [-0.39, 0.29) is 5.60 Å². The van der Waals surface area contributed by atoms with E-state index in [4.69, 9.17) is 9.47 Å². The average Bonchev–Trinajstić information content (AvgIpc) is 2.59. The first-order valence-electron chi connectivity index (χ1n) is 3.97. The SMILES string of the molecule is COC1CCCC2(C)OC12. The molecular formula is C8H14O2. The Morgan fingerprint density at radius 2 is 2.40 bits per heavy atom. The molecule has 1 aliphatic heterocycles.